The van der Waals surface area contributed by atoms with E-state index in [1.807, 2.05) is 0 Å². The van der Waals surface area contributed by atoms with Crippen LogP contribution in [0.3, 0.4) is 0 Å². The van der Waals surface area contributed by atoms with Crippen LogP contribution in [0, 0.1) is 0 Å². The normalized spacial score (nSPS) is 9.88. The highest BCUT2D eigenvalue weighted by Crippen LogP contribution is 2.02. The van der Waals surface area contributed by atoms with Crippen molar-refractivity contribution < 1.29 is 14.9 Å². The molecule has 0 fully saturated rings. The Labute approximate surface area is 107 Å². The van der Waals surface area contributed by atoms with Crippen LogP contribution in [0.2, 0.25) is 0 Å². The maximum Gasteiger partial charge on any atom is 0.0662 e. The molecule has 0 aromatic carbocycles. The van der Waals surface area contributed by atoms with Crippen LogP contribution in [-0.4, -0.2) is 36.6 Å². The lowest BCUT2D eigenvalue weighted by Crippen LogP contribution is -1.96. The van der Waals surface area contributed by atoms with Gasteiger partial charge in [0.25, 0.3) is 0 Å². The highest BCUT2D eigenvalue weighted by molar-refractivity contribution is 4.42. The summed E-state index contributed by atoms with van der Waals surface area (Å²) >= 11 is 0. The first-order valence-corrected chi connectivity index (χ1v) is 7.12. The summed E-state index contributed by atoms with van der Waals surface area (Å²) in [7, 11) is 0. The van der Waals surface area contributed by atoms with E-state index in [4.69, 9.17) is 14.9 Å². The van der Waals surface area contributed by atoms with E-state index in [0.717, 1.165) is 13.2 Å². The molecule has 3 nitrogen and oxygen atoms in total. The number of hydrogen-bond acceptors (Lipinski definition) is 3. The Morgan fingerprint density at radius 3 is 1.53 bits per heavy atom. The summed E-state index contributed by atoms with van der Waals surface area (Å²) in [6.45, 7) is 6.18. The summed E-state index contributed by atoms with van der Waals surface area (Å²) in [4.78, 5) is 0. The maximum absolute atomic E-state index is 7.62. The van der Waals surface area contributed by atoms with E-state index in [0.29, 0.717) is 0 Å². The number of aliphatic hydroxyl groups is 2. The van der Waals surface area contributed by atoms with Crippen molar-refractivity contribution in [3.63, 3.8) is 0 Å². The topological polar surface area (TPSA) is 49.7 Å². The minimum absolute atomic E-state index is 0.125. The predicted octanol–water partition coefficient (Wildman–Crippen LogP) is 3.13. The fraction of sp³-hybridized carbons (Fsp3) is 1.00. The average Bonchev–Trinajstić information content (AvgIpc) is 2.37. The molecule has 3 heteroatoms. The molecule has 0 amide bonds. The van der Waals surface area contributed by atoms with Gasteiger partial charge in [-0.3, -0.25) is 0 Å². The maximum atomic E-state index is 7.62. The van der Waals surface area contributed by atoms with Gasteiger partial charge in [-0.15, -0.1) is 0 Å². The molecule has 106 valence electrons. The molecule has 0 aliphatic heterocycles. The van der Waals surface area contributed by atoms with Crippen molar-refractivity contribution in [1.82, 2.24) is 0 Å². The van der Waals surface area contributed by atoms with Crippen molar-refractivity contribution >= 4 is 0 Å². The molecule has 0 aromatic heterocycles. The molecule has 0 saturated heterocycles. The first-order chi connectivity index (χ1) is 8.33. The van der Waals surface area contributed by atoms with Crippen molar-refractivity contribution in [2.75, 3.05) is 26.4 Å². The molecule has 0 rings (SSSR count). The van der Waals surface area contributed by atoms with Crippen LogP contribution in [0.4, 0.5) is 0 Å². The first kappa shape index (κ1) is 19.2. The summed E-state index contributed by atoms with van der Waals surface area (Å²) in [6, 6.07) is 0. The number of unbranched alkanes of at least 4 members (excludes halogenated alkanes) is 6. The van der Waals surface area contributed by atoms with Crippen LogP contribution >= 0.6 is 0 Å². The molecule has 17 heavy (non-hydrogen) atoms. The Morgan fingerprint density at radius 2 is 1.06 bits per heavy atom. The highest BCUT2D eigenvalue weighted by Gasteiger charge is 1.90. The zero-order valence-electron chi connectivity index (χ0n) is 11.8. The molecule has 0 saturated carbocycles. The lowest BCUT2D eigenvalue weighted by molar-refractivity contribution is 0.126. The third kappa shape index (κ3) is 25.8. The van der Waals surface area contributed by atoms with Gasteiger partial charge in [0.1, 0.15) is 0 Å². The zero-order valence-corrected chi connectivity index (χ0v) is 11.8. The highest BCUT2D eigenvalue weighted by atomic mass is 16.5. The molecule has 0 aliphatic rings. The Kier molecular flexibility index (Phi) is 24.0. The fourth-order valence-electron chi connectivity index (χ4n) is 1.36. The summed E-state index contributed by atoms with van der Waals surface area (Å²) in [5.41, 5.74) is 0. The molecule has 0 heterocycles. The molecular formula is C14H32O3. The Bertz CT molecular complexity index is 95.6. The lowest BCUT2D eigenvalue weighted by atomic mass is 10.2. The van der Waals surface area contributed by atoms with Crippen LogP contribution in [0.1, 0.15) is 65.2 Å². The number of ether oxygens (including phenoxy) is 1. The standard InChI is InChI=1S/C12H26O.C2H6O2/c1-3-5-7-8-10-12-13-11-9-6-4-2;3-1-2-4/h3-12H2,1-2H3;3-4H,1-2H2. The number of aliphatic hydroxyl groups excluding tert-OH is 2. The van der Waals surface area contributed by atoms with E-state index in [-0.39, 0.29) is 13.2 Å². The third-order valence-electron chi connectivity index (χ3n) is 2.38. The van der Waals surface area contributed by atoms with E-state index >= 15 is 0 Å². The minimum Gasteiger partial charge on any atom is -0.394 e. The summed E-state index contributed by atoms with van der Waals surface area (Å²) < 4.78 is 5.52. The van der Waals surface area contributed by atoms with Gasteiger partial charge in [0.05, 0.1) is 13.2 Å². The summed E-state index contributed by atoms with van der Waals surface area (Å²) in [5.74, 6) is 0. The SMILES string of the molecule is CCCCCCCOCCCCC.OCCO. The van der Waals surface area contributed by atoms with E-state index in [1.54, 1.807) is 0 Å². The first-order valence-electron chi connectivity index (χ1n) is 7.12. The van der Waals surface area contributed by atoms with E-state index in [9.17, 15) is 0 Å². The molecule has 0 radical (unpaired) electrons. The average molecular weight is 248 g/mol. The van der Waals surface area contributed by atoms with Gasteiger partial charge in [0.2, 0.25) is 0 Å². The molecular weight excluding hydrogens is 216 g/mol. The van der Waals surface area contributed by atoms with Gasteiger partial charge in [-0.25, -0.2) is 0 Å². The zero-order chi connectivity index (χ0) is 13.2. The van der Waals surface area contributed by atoms with Gasteiger partial charge in [0, 0.05) is 13.2 Å². The van der Waals surface area contributed by atoms with Crippen molar-refractivity contribution in [1.29, 1.82) is 0 Å². The number of rotatable bonds is 11. The van der Waals surface area contributed by atoms with E-state index < -0.39 is 0 Å². The minimum atomic E-state index is -0.125. The quantitative estimate of drug-likeness (QED) is 0.552. The molecule has 0 bridgehead atoms. The van der Waals surface area contributed by atoms with Crippen molar-refractivity contribution in [2.45, 2.75) is 65.2 Å². The molecule has 0 aromatic rings. The van der Waals surface area contributed by atoms with Gasteiger partial charge < -0.3 is 14.9 Å². The van der Waals surface area contributed by atoms with Gasteiger partial charge >= 0.3 is 0 Å². The second-order valence-corrected chi connectivity index (χ2v) is 4.18. The molecule has 0 aliphatic carbocycles. The molecule has 0 atom stereocenters. The van der Waals surface area contributed by atoms with Gasteiger partial charge in [-0.05, 0) is 12.8 Å². The van der Waals surface area contributed by atoms with E-state index in [2.05, 4.69) is 13.8 Å². The Hall–Kier alpha value is -0.120. The van der Waals surface area contributed by atoms with Crippen LogP contribution in [0.25, 0.3) is 0 Å². The van der Waals surface area contributed by atoms with Gasteiger partial charge in [0.15, 0.2) is 0 Å². The largest absolute Gasteiger partial charge is 0.394 e. The Morgan fingerprint density at radius 1 is 0.647 bits per heavy atom. The predicted molar refractivity (Wildman–Crippen MR) is 73.3 cm³/mol. The smallest absolute Gasteiger partial charge is 0.0662 e. The third-order valence-corrected chi connectivity index (χ3v) is 2.38. The Balaban J connectivity index is 0. The van der Waals surface area contributed by atoms with Gasteiger partial charge in [-0.1, -0.05) is 52.4 Å². The van der Waals surface area contributed by atoms with Crippen molar-refractivity contribution in [2.24, 2.45) is 0 Å². The molecule has 2 N–H and O–H groups in total. The monoisotopic (exact) mass is 248 g/mol. The van der Waals surface area contributed by atoms with Gasteiger partial charge in [-0.2, -0.15) is 0 Å². The fourth-order valence-corrected chi connectivity index (χ4v) is 1.36. The number of hydrogen-bond donors (Lipinski definition) is 2. The van der Waals surface area contributed by atoms with Crippen LogP contribution in [0.5, 0.6) is 0 Å². The summed E-state index contributed by atoms with van der Waals surface area (Å²) in [5, 5.41) is 15.2. The van der Waals surface area contributed by atoms with Crippen molar-refractivity contribution in [3.8, 4) is 0 Å². The van der Waals surface area contributed by atoms with E-state index in [1.165, 1.54) is 51.4 Å². The second-order valence-electron chi connectivity index (χ2n) is 4.18. The molecule has 0 unspecified atom stereocenters. The second kappa shape index (κ2) is 21.2. The lowest BCUT2D eigenvalue weighted by Gasteiger charge is -2.03. The van der Waals surface area contributed by atoms with Crippen molar-refractivity contribution in [3.05, 3.63) is 0 Å². The van der Waals surface area contributed by atoms with Crippen LogP contribution < -0.4 is 0 Å². The molecule has 0 spiro atoms. The van der Waals surface area contributed by atoms with Crippen LogP contribution in [-0.2, 0) is 4.74 Å². The van der Waals surface area contributed by atoms with Crippen LogP contribution in [0.15, 0.2) is 0 Å². The summed E-state index contributed by atoms with van der Waals surface area (Å²) in [6.07, 6.45) is 10.6.